The van der Waals surface area contributed by atoms with Gasteiger partial charge in [-0.15, -0.1) is 5.10 Å². The molecule has 1 unspecified atom stereocenters. The third kappa shape index (κ3) is 3.56. The monoisotopic (exact) mass is 314 g/mol. The van der Waals surface area contributed by atoms with Gasteiger partial charge in [-0.2, -0.15) is 0 Å². The zero-order valence-electron chi connectivity index (χ0n) is 13.5. The maximum absolute atomic E-state index is 12.3. The molecular formula is C16H22N6O. The van der Waals surface area contributed by atoms with Crippen LogP contribution < -0.4 is 10.6 Å². The summed E-state index contributed by atoms with van der Waals surface area (Å²) in [4.78, 5) is 12.3. The van der Waals surface area contributed by atoms with Gasteiger partial charge in [-0.1, -0.05) is 13.8 Å². The van der Waals surface area contributed by atoms with Gasteiger partial charge in [0.25, 0.3) is 5.91 Å². The molecule has 1 fully saturated rings. The predicted octanol–water partition coefficient (Wildman–Crippen LogP) is 1.17. The first-order valence-electron chi connectivity index (χ1n) is 7.91. The minimum absolute atomic E-state index is 0.0589. The largest absolute Gasteiger partial charge is 0.350 e. The molecule has 0 aliphatic carbocycles. The summed E-state index contributed by atoms with van der Waals surface area (Å²) < 4.78 is 1.55. The lowest BCUT2D eigenvalue weighted by molar-refractivity contribution is 0.0929. The molecule has 1 aromatic heterocycles. The Morgan fingerprint density at radius 3 is 2.83 bits per heavy atom. The van der Waals surface area contributed by atoms with Crippen molar-refractivity contribution >= 4 is 5.91 Å². The molecule has 0 spiro atoms. The lowest BCUT2D eigenvalue weighted by Crippen LogP contribution is -2.52. The average molecular weight is 314 g/mol. The van der Waals surface area contributed by atoms with Crippen molar-refractivity contribution in [2.75, 3.05) is 13.1 Å². The van der Waals surface area contributed by atoms with Crippen molar-refractivity contribution in [3.63, 3.8) is 0 Å². The van der Waals surface area contributed by atoms with Gasteiger partial charge in [0.1, 0.15) is 6.33 Å². The molecular weight excluding hydrogens is 292 g/mol. The quantitative estimate of drug-likeness (QED) is 0.885. The molecule has 7 nitrogen and oxygen atoms in total. The summed E-state index contributed by atoms with van der Waals surface area (Å²) in [7, 11) is 0. The van der Waals surface area contributed by atoms with E-state index < -0.39 is 0 Å². The summed E-state index contributed by atoms with van der Waals surface area (Å²) in [6.07, 6.45) is 3.89. The number of rotatable bonds is 4. The van der Waals surface area contributed by atoms with Gasteiger partial charge in [0.05, 0.1) is 5.69 Å². The summed E-state index contributed by atoms with van der Waals surface area (Å²) in [5, 5.41) is 17.5. The zero-order valence-corrected chi connectivity index (χ0v) is 13.5. The Labute approximate surface area is 135 Å². The Morgan fingerprint density at radius 1 is 1.39 bits per heavy atom. The van der Waals surface area contributed by atoms with E-state index in [2.05, 4.69) is 40.0 Å². The Balaban J connectivity index is 1.60. The molecule has 1 amide bonds. The lowest BCUT2D eigenvalue weighted by Gasteiger charge is -2.39. The van der Waals surface area contributed by atoms with Gasteiger partial charge in [-0.3, -0.25) is 4.79 Å². The smallest absolute Gasteiger partial charge is 0.251 e. The summed E-state index contributed by atoms with van der Waals surface area (Å²) in [6.45, 7) is 6.15. The number of carbonyl (C=O) groups excluding carboxylic acids is 1. The van der Waals surface area contributed by atoms with Gasteiger partial charge in [-0.25, -0.2) is 4.68 Å². The summed E-state index contributed by atoms with van der Waals surface area (Å²) in [6, 6.07) is 7.53. The van der Waals surface area contributed by atoms with E-state index in [-0.39, 0.29) is 11.3 Å². The molecule has 2 heterocycles. The molecule has 1 saturated heterocycles. The number of benzene rings is 1. The fourth-order valence-electron chi connectivity index (χ4n) is 2.96. The van der Waals surface area contributed by atoms with Gasteiger partial charge in [0, 0.05) is 18.2 Å². The highest BCUT2D eigenvalue weighted by Gasteiger charge is 2.31. The minimum atomic E-state index is -0.0589. The number of amides is 1. The molecule has 0 radical (unpaired) electrons. The van der Waals surface area contributed by atoms with E-state index in [9.17, 15) is 4.79 Å². The standard InChI is InChI=1S/C16H22N6O/c1-16(2)8-3-9-17-14(16)10-18-15(23)12-4-6-13(7-5-12)22-11-19-20-21-22/h4-7,11,14,17H,3,8-10H2,1-2H3,(H,18,23). The number of nitrogens with zero attached hydrogens (tertiary/aromatic N) is 4. The van der Waals surface area contributed by atoms with Crippen LogP contribution in [-0.4, -0.2) is 45.2 Å². The van der Waals surface area contributed by atoms with E-state index in [0.717, 1.165) is 12.2 Å². The van der Waals surface area contributed by atoms with Gasteiger partial charge < -0.3 is 10.6 Å². The summed E-state index contributed by atoms with van der Waals surface area (Å²) in [5.74, 6) is -0.0589. The highest BCUT2D eigenvalue weighted by Crippen LogP contribution is 2.29. The number of aromatic nitrogens is 4. The van der Waals surface area contributed by atoms with E-state index in [1.807, 2.05) is 12.1 Å². The normalized spacial score (nSPS) is 20.2. The van der Waals surface area contributed by atoms with Crippen molar-refractivity contribution in [1.82, 2.24) is 30.8 Å². The summed E-state index contributed by atoms with van der Waals surface area (Å²) in [5.41, 5.74) is 1.66. The Morgan fingerprint density at radius 2 is 2.17 bits per heavy atom. The van der Waals surface area contributed by atoms with Gasteiger partial charge in [0.2, 0.25) is 0 Å². The first kappa shape index (κ1) is 15.6. The fourth-order valence-corrected chi connectivity index (χ4v) is 2.96. The maximum Gasteiger partial charge on any atom is 0.251 e. The van der Waals surface area contributed by atoms with Crippen LogP contribution in [-0.2, 0) is 0 Å². The van der Waals surface area contributed by atoms with Crippen molar-refractivity contribution in [1.29, 1.82) is 0 Å². The molecule has 1 atom stereocenters. The molecule has 0 bridgehead atoms. The maximum atomic E-state index is 12.3. The number of hydrogen-bond donors (Lipinski definition) is 2. The van der Waals surface area contributed by atoms with E-state index >= 15 is 0 Å². The first-order valence-corrected chi connectivity index (χ1v) is 7.91. The predicted molar refractivity (Wildman–Crippen MR) is 86.3 cm³/mol. The Bertz CT molecular complexity index is 650. The molecule has 0 saturated carbocycles. The van der Waals surface area contributed by atoms with Crippen molar-refractivity contribution in [2.24, 2.45) is 5.41 Å². The highest BCUT2D eigenvalue weighted by atomic mass is 16.1. The van der Waals surface area contributed by atoms with Crippen LogP contribution in [0.2, 0.25) is 0 Å². The zero-order chi connectivity index (χ0) is 16.3. The van der Waals surface area contributed by atoms with Gasteiger partial charge in [0.15, 0.2) is 0 Å². The number of nitrogens with one attached hydrogen (secondary N) is 2. The second-order valence-corrected chi connectivity index (χ2v) is 6.61. The number of hydrogen-bond acceptors (Lipinski definition) is 5. The van der Waals surface area contributed by atoms with Gasteiger partial charge in [-0.05, 0) is 59.5 Å². The lowest BCUT2D eigenvalue weighted by atomic mass is 9.77. The van der Waals surface area contributed by atoms with E-state index in [1.54, 1.807) is 16.8 Å². The second-order valence-electron chi connectivity index (χ2n) is 6.61. The van der Waals surface area contributed by atoms with Crippen molar-refractivity contribution in [2.45, 2.75) is 32.7 Å². The van der Waals surface area contributed by atoms with Crippen LogP contribution in [0.5, 0.6) is 0 Å². The van der Waals surface area contributed by atoms with Crippen LogP contribution in [0.3, 0.4) is 0 Å². The van der Waals surface area contributed by atoms with Crippen LogP contribution in [0.25, 0.3) is 5.69 Å². The van der Waals surface area contributed by atoms with Crippen molar-refractivity contribution < 1.29 is 4.79 Å². The van der Waals surface area contributed by atoms with Crippen LogP contribution in [0, 0.1) is 5.41 Å². The van der Waals surface area contributed by atoms with Gasteiger partial charge >= 0.3 is 0 Å². The molecule has 3 rings (SSSR count). The van der Waals surface area contributed by atoms with Crippen LogP contribution in [0.4, 0.5) is 0 Å². The molecule has 122 valence electrons. The first-order chi connectivity index (χ1) is 11.1. The van der Waals surface area contributed by atoms with E-state index in [1.165, 1.54) is 19.2 Å². The second kappa shape index (κ2) is 6.45. The van der Waals surface area contributed by atoms with Crippen molar-refractivity contribution in [3.8, 4) is 5.69 Å². The fraction of sp³-hybridized carbons (Fsp3) is 0.500. The highest BCUT2D eigenvalue weighted by molar-refractivity contribution is 5.94. The number of carbonyl (C=O) groups is 1. The van der Waals surface area contributed by atoms with Crippen LogP contribution in [0.15, 0.2) is 30.6 Å². The molecule has 2 aromatic rings. The third-order valence-electron chi connectivity index (χ3n) is 4.54. The molecule has 1 aliphatic rings. The average Bonchev–Trinajstić information content (AvgIpc) is 3.08. The third-order valence-corrected chi connectivity index (χ3v) is 4.54. The van der Waals surface area contributed by atoms with E-state index in [0.29, 0.717) is 18.2 Å². The topological polar surface area (TPSA) is 84.7 Å². The minimum Gasteiger partial charge on any atom is -0.350 e. The Kier molecular flexibility index (Phi) is 4.38. The van der Waals surface area contributed by atoms with Crippen LogP contribution >= 0.6 is 0 Å². The molecule has 7 heteroatoms. The molecule has 2 N–H and O–H groups in total. The Hall–Kier alpha value is -2.28. The molecule has 1 aromatic carbocycles. The molecule has 1 aliphatic heterocycles. The SMILES string of the molecule is CC1(C)CCCNC1CNC(=O)c1ccc(-n2cnnn2)cc1. The summed E-state index contributed by atoms with van der Waals surface area (Å²) >= 11 is 0. The van der Waals surface area contributed by atoms with E-state index in [4.69, 9.17) is 0 Å². The molecule has 23 heavy (non-hydrogen) atoms. The van der Waals surface area contributed by atoms with Crippen LogP contribution in [0.1, 0.15) is 37.0 Å². The number of piperidine rings is 1. The number of tetrazole rings is 1. The van der Waals surface area contributed by atoms with Crippen molar-refractivity contribution in [3.05, 3.63) is 36.2 Å².